The monoisotopic (exact) mass is 343 g/mol. The number of carbonyl (C=O) groups excluding carboxylic acids is 1. The van der Waals surface area contributed by atoms with Crippen LogP contribution in [0.3, 0.4) is 0 Å². The Hall–Kier alpha value is -1.39. The first-order chi connectivity index (χ1) is 11.8. The normalized spacial score (nSPS) is 45.4. The second-order valence-electron chi connectivity index (χ2n) is 8.81. The minimum Gasteiger partial charge on any atom is -0.430 e. The Labute approximate surface area is 149 Å². The summed E-state index contributed by atoms with van der Waals surface area (Å²) in [5, 5.41) is 10.0. The number of rotatable bonds is 1. The van der Waals surface area contributed by atoms with Gasteiger partial charge < -0.3 is 15.6 Å². The van der Waals surface area contributed by atoms with Gasteiger partial charge in [0.1, 0.15) is 5.76 Å². The Morgan fingerprint density at radius 3 is 2.84 bits per heavy atom. The van der Waals surface area contributed by atoms with E-state index in [2.05, 4.69) is 26.0 Å². The molecule has 1 unspecified atom stereocenters. The summed E-state index contributed by atoms with van der Waals surface area (Å²) in [6.45, 7) is 6.02. The highest BCUT2D eigenvalue weighted by atomic mass is 16.5. The predicted octanol–water partition coefficient (Wildman–Crippen LogP) is 3.22. The number of hydrogen-bond donors (Lipinski definition) is 2. The number of aliphatic hydroxyl groups is 1. The van der Waals surface area contributed by atoms with Crippen molar-refractivity contribution in [1.29, 1.82) is 0 Å². The average Bonchev–Trinajstić information content (AvgIpc) is 2.79. The molecule has 0 heterocycles. The van der Waals surface area contributed by atoms with Crippen LogP contribution in [0.5, 0.6) is 0 Å². The standard InChI is InChI=1S/C21H29NO3/c1-12(23)25-18-11-17-15-5-4-13-10-14(24)6-8-20(13,2)16(15)7-9-21(17,3)19(18)22/h6,8,11,13-14,17,19,24H,4-5,7,9-10,22H2,1-3H3/t13?,14-,17-,19-,20-,21-/m0/s1. The fourth-order valence-corrected chi connectivity index (χ4v) is 5.87. The Kier molecular flexibility index (Phi) is 3.79. The number of hydrogen-bond acceptors (Lipinski definition) is 4. The zero-order valence-electron chi connectivity index (χ0n) is 15.4. The van der Waals surface area contributed by atoms with Crippen LogP contribution in [0.15, 0.2) is 35.1 Å². The molecule has 4 aliphatic carbocycles. The highest BCUT2D eigenvalue weighted by Gasteiger charge is 2.54. The van der Waals surface area contributed by atoms with E-state index in [1.807, 2.05) is 6.08 Å². The summed E-state index contributed by atoms with van der Waals surface area (Å²) in [4.78, 5) is 11.4. The highest BCUT2D eigenvalue weighted by Crippen LogP contribution is 2.61. The SMILES string of the molecule is CC(=O)OC1=C[C@H]2C3=C(CC[C@]2(C)[C@H]1N)[C@@]1(C)C=C[C@H](O)CC1CC3. The van der Waals surface area contributed by atoms with Gasteiger partial charge in [-0.05, 0) is 44.1 Å². The van der Waals surface area contributed by atoms with Gasteiger partial charge in [0.05, 0.1) is 12.1 Å². The van der Waals surface area contributed by atoms with E-state index < -0.39 is 0 Å². The molecule has 0 aliphatic heterocycles. The summed E-state index contributed by atoms with van der Waals surface area (Å²) in [5.41, 5.74) is 9.54. The van der Waals surface area contributed by atoms with Gasteiger partial charge in [0.15, 0.2) is 0 Å². The van der Waals surface area contributed by atoms with Crippen molar-refractivity contribution in [1.82, 2.24) is 0 Å². The van der Waals surface area contributed by atoms with Gasteiger partial charge in [-0.2, -0.15) is 0 Å². The fourth-order valence-electron chi connectivity index (χ4n) is 5.87. The molecule has 0 aromatic rings. The second-order valence-corrected chi connectivity index (χ2v) is 8.81. The molecule has 4 heteroatoms. The van der Waals surface area contributed by atoms with Crippen molar-refractivity contribution in [2.45, 2.75) is 65.0 Å². The van der Waals surface area contributed by atoms with Gasteiger partial charge in [-0.1, -0.05) is 37.1 Å². The quantitative estimate of drug-likeness (QED) is 0.566. The van der Waals surface area contributed by atoms with Gasteiger partial charge >= 0.3 is 5.97 Å². The molecule has 0 saturated heterocycles. The van der Waals surface area contributed by atoms with E-state index >= 15 is 0 Å². The molecule has 0 amide bonds. The second kappa shape index (κ2) is 5.55. The molecule has 0 fully saturated rings. The van der Waals surface area contributed by atoms with Crippen LogP contribution in [0.1, 0.15) is 52.9 Å². The van der Waals surface area contributed by atoms with Crippen LogP contribution in [-0.4, -0.2) is 23.2 Å². The number of aliphatic hydroxyl groups excluding tert-OH is 1. The molecule has 0 spiro atoms. The van der Waals surface area contributed by atoms with E-state index in [1.165, 1.54) is 12.5 Å². The summed E-state index contributed by atoms with van der Waals surface area (Å²) < 4.78 is 5.43. The molecule has 0 bridgehead atoms. The Morgan fingerprint density at radius 1 is 1.36 bits per heavy atom. The van der Waals surface area contributed by atoms with Gasteiger partial charge in [-0.25, -0.2) is 0 Å². The zero-order valence-corrected chi connectivity index (χ0v) is 15.4. The van der Waals surface area contributed by atoms with Crippen molar-refractivity contribution in [2.24, 2.45) is 28.4 Å². The van der Waals surface area contributed by atoms with E-state index in [4.69, 9.17) is 10.5 Å². The van der Waals surface area contributed by atoms with Gasteiger partial charge in [0, 0.05) is 23.7 Å². The minimum absolute atomic E-state index is 0.0519. The lowest BCUT2D eigenvalue weighted by molar-refractivity contribution is -0.137. The molecule has 25 heavy (non-hydrogen) atoms. The third-order valence-corrected chi connectivity index (χ3v) is 7.45. The average molecular weight is 343 g/mol. The van der Waals surface area contributed by atoms with E-state index in [0.29, 0.717) is 11.7 Å². The lowest BCUT2D eigenvalue weighted by atomic mass is 9.53. The molecule has 4 nitrogen and oxygen atoms in total. The van der Waals surface area contributed by atoms with Crippen LogP contribution in [0.2, 0.25) is 0 Å². The molecule has 0 radical (unpaired) electrons. The lowest BCUT2D eigenvalue weighted by Gasteiger charge is -2.52. The molecule has 0 aromatic heterocycles. The van der Waals surface area contributed by atoms with Crippen molar-refractivity contribution in [3.05, 3.63) is 35.1 Å². The zero-order chi connectivity index (χ0) is 18.0. The van der Waals surface area contributed by atoms with Crippen molar-refractivity contribution in [2.75, 3.05) is 0 Å². The van der Waals surface area contributed by atoms with Gasteiger partial charge in [-0.15, -0.1) is 0 Å². The number of nitrogens with two attached hydrogens (primary N) is 1. The smallest absolute Gasteiger partial charge is 0.307 e. The van der Waals surface area contributed by atoms with Crippen LogP contribution in [0.4, 0.5) is 0 Å². The molecular formula is C21H29NO3. The van der Waals surface area contributed by atoms with E-state index in [9.17, 15) is 9.90 Å². The molecule has 4 rings (SSSR count). The predicted molar refractivity (Wildman–Crippen MR) is 96.3 cm³/mol. The van der Waals surface area contributed by atoms with Crippen molar-refractivity contribution < 1.29 is 14.6 Å². The number of allylic oxidation sites excluding steroid dienone is 4. The maximum absolute atomic E-state index is 11.4. The van der Waals surface area contributed by atoms with E-state index in [0.717, 1.165) is 32.1 Å². The largest absolute Gasteiger partial charge is 0.430 e. The minimum atomic E-state index is -0.301. The number of ether oxygens (including phenoxy) is 1. The van der Waals surface area contributed by atoms with Gasteiger partial charge in [-0.3, -0.25) is 4.79 Å². The first-order valence-corrected chi connectivity index (χ1v) is 9.51. The van der Waals surface area contributed by atoms with Crippen molar-refractivity contribution in [3.8, 4) is 0 Å². The molecule has 3 N–H and O–H groups in total. The summed E-state index contributed by atoms with van der Waals surface area (Å²) in [6, 6.07) is -0.218. The van der Waals surface area contributed by atoms with Crippen LogP contribution in [0.25, 0.3) is 0 Å². The number of fused-ring (bicyclic) bond motifs is 4. The maximum atomic E-state index is 11.4. The topological polar surface area (TPSA) is 72.5 Å². The highest BCUT2D eigenvalue weighted by molar-refractivity contribution is 5.67. The molecule has 0 aromatic carbocycles. The Bertz CT molecular complexity index is 706. The molecule has 0 saturated carbocycles. The molecule has 6 atom stereocenters. The van der Waals surface area contributed by atoms with Crippen LogP contribution < -0.4 is 5.73 Å². The summed E-state index contributed by atoms with van der Waals surface area (Å²) in [7, 11) is 0. The maximum Gasteiger partial charge on any atom is 0.307 e. The summed E-state index contributed by atoms with van der Waals surface area (Å²) in [5.74, 6) is 1.13. The summed E-state index contributed by atoms with van der Waals surface area (Å²) >= 11 is 0. The van der Waals surface area contributed by atoms with Gasteiger partial charge in [0.25, 0.3) is 0 Å². The first kappa shape index (κ1) is 17.0. The molecule has 4 aliphatic rings. The van der Waals surface area contributed by atoms with Crippen molar-refractivity contribution in [3.63, 3.8) is 0 Å². The Morgan fingerprint density at radius 2 is 2.12 bits per heavy atom. The first-order valence-electron chi connectivity index (χ1n) is 9.51. The number of carbonyl (C=O) groups is 1. The fraction of sp³-hybridized carbons (Fsp3) is 0.667. The van der Waals surface area contributed by atoms with Crippen LogP contribution >= 0.6 is 0 Å². The van der Waals surface area contributed by atoms with E-state index in [-0.39, 0.29) is 34.9 Å². The lowest BCUT2D eigenvalue weighted by Crippen LogP contribution is -2.47. The third kappa shape index (κ3) is 2.37. The number of esters is 1. The molecular weight excluding hydrogens is 314 g/mol. The van der Waals surface area contributed by atoms with Crippen molar-refractivity contribution >= 4 is 5.97 Å². The third-order valence-electron chi connectivity index (χ3n) is 7.45. The van der Waals surface area contributed by atoms with E-state index in [1.54, 1.807) is 5.57 Å². The van der Waals surface area contributed by atoms with Gasteiger partial charge in [0.2, 0.25) is 0 Å². The van der Waals surface area contributed by atoms with Crippen LogP contribution in [-0.2, 0) is 9.53 Å². The Balaban J connectivity index is 1.76. The summed E-state index contributed by atoms with van der Waals surface area (Å²) in [6.07, 6.45) is 11.1. The van der Waals surface area contributed by atoms with Crippen LogP contribution in [0, 0.1) is 22.7 Å². The molecule has 136 valence electrons.